The van der Waals surface area contributed by atoms with E-state index in [2.05, 4.69) is 17.4 Å². The summed E-state index contributed by atoms with van der Waals surface area (Å²) in [6.45, 7) is 1.72. The zero-order valence-electron chi connectivity index (χ0n) is 15.9. The molecule has 2 rings (SSSR count). The molecule has 0 unspecified atom stereocenters. The number of rotatable bonds is 9. The number of sulfonamides is 1. The van der Waals surface area contributed by atoms with Crippen molar-refractivity contribution in [1.82, 2.24) is 9.62 Å². The summed E-state index contributed by atoms with van der Waals surface area (Å²) < 4.78 is 26.3. The van der Waals surface area contributed by atoms with E-state index in [9.17, 15) is 13.2 Å². The third-order valence-corrected chi connectivity index (χ3v) is 6.81. The van der Waals surface area contributed by atoms with Gasteiger partial charge in [0.25, 0.3) is 0 Å². The molecule has 0 bridgehead atoms. The molecule has 0 aliphatic carbocycles. The van der Waals surface area contributed by atoms with Crippen LogP contribution in [0.25, 0.3) is 0 Å². The van der Waals surface area contributed by atoms with Crippen LogP contribution in [-0.4, -0.2) is 44.5 Å². The first kappa shape index (κ1) is 21.5. The van der Waals surface area contributed by atoms with Gasteiger partial charge >= 0.3 is 0 Å². The summed E-state index contributed by atoms with van der Waals surface area (Å²) in [7, 11) is -2.26. The molecular weight excluding hydrogens is 380 g/mol. The quantitative estimate of drug-likeness (QED) is 0.650. The molecule has 0 aliphatic heterocycles. The van der Waals surface area contributed by atoms with E-state index >= 15 is 0 Å². The van der Waals surface area contributed by atoms with Crippen LogP contribution in [0.3, 0.4) is 0 Å². The van der Waals surface area contributed by atoms with Crippen molar-refractivity contribution in [3.63, 3.8) is 0 Å². The summed E-state index contributed by atoms with van der Waals surface area (Å²) in [6.07, 6.45) is 3.58. The first-order valence-electron chi connectivity index (χ1n) is 8.76. The lowest BCUT2D eigenvalue weighted by atomic mass is 10.1. The molecule has 0 heterocycles. The summed E-state index contributed by atoms with van der Waals surface area (Å²) in [6, 6.07) is 16.7. The third kappa shape index (κ3) is 6.37. The Morgan fingerprint density at radius 1 is 1.11 bits per heavy atom. The summed E-state index contributed by atoms with van der Waals surface area (Å²) in [4.78, 5) is 13.4. The van der Waals surface area contributed by atoms with Gasteiger partial charge in [0.05, 0.1) is 11.4 Å². The van der Waals surface area contributed by atoms with Crippen LogP contribution in [0.1, 0.15) is 18.9 Å². The molecule has 0 aromatic heterocycles. The Morgan fingerprint density at radius 2 is 1.74 bits per heavy atom. The Labute approximate surface area is 166 Å². The van der Waals surface area contributed by atoms with Crippen molar-refractivity contribution in [2.75, 3.05) is 19.8 Å². The van der Waals surface area contributed by atoms with Crippen LogP contribution in [0.2, 0.25) is 0 Å². The van der Waals surface area contributed by atoms with Crippen LogP contribution in [0.4, 0.5) is 0 Å². The predicted octanol–water partition coefficient (Wildman–Crippen LogP) is 3.17. The van der Waals surface area contributed by atoms with Gasteiger partial charge in [-0.05, 0) is 55.9 Å². The number of thioether (sulfide) groups is 1. The number of carbonyl (C=O) groups is 1. The number of likely N-dealkylation sites (N-methyl/N-ethyl adjacent to an activating group) is 1. The molecule has 1 amide bonds. The minimum absolute atomic E-state index is 0.0327. The maximum absolute atomic E-state index is 12.6. The van der Waals surface area contributed by atoms with Gasteiger partial charge in [0.15, 0.2) is 0 Å². The number of amides is 1. The first-order valence-corrected chi connectivity index (χ1v) is 11.4. The van der Waals surface area contributed by atoms with Crippen LogP contribution in [0, 0.1) is 0 Å². The lowest BCUT2D eigenvalue weighted by Crippen LogP contribution is -2.41. The van der Waals surface area contributed by atoms with E-state index in [0.717, 1.165) is 22.0 Å². The highest BCUT2D eigenvalue weighted by Crippen LogP contribution is 2.19. The molecule has 1 N–H and O–H groups in total. The first-order chi connectivity index (χ1) is 12.8. The number of aryl methyl sites for hydroxylation is 1. The Hall–Kier alpha value is -1.83. The second-order valence-electron chi connectivity index (χ2n) is 6.43. The number of nitrogens with zero attached hydrogens (tertiary/aromatic N) is 1. The monoisotopic (exact) mass is 406 g/mol. The van der Waals surface area contributed by atoms with Crippen molar-refractivity contribution in [2.45, 2.75) is 35.6 Å². The van der Waals surface area contributed by atoms with E-state index in [0.29, 0.717) is 0 Å². The normalized spacial score (nSPS) is 12.7. The van der Waals surface area contributed by atoms with Gasteiger partial charge in [0.1, 0.15) is 0 Å². The number of hydrogen-bond donors (Lipinski definition) is 1. The van der Waals surface area contributed by atoms with E-state index in [-0.39, 0.29) is 23.4 Å². The average Bonchev–Trinajstić information content (AvgIpc) is 2.67. The molecule has 2 aromatic carbocycles. The standard InChI is InChI=1S/C20H26N2O3S2/c1-16(9-10-17-7-5-4-6-8-17)21-20(23)15-22(2)27(24,25)19-13-11-18(26-3)12-14-19/h4-8,11-14,16H,9-10,15H2,1-3H3,(H,21,23)/t16-/m0/s1. The second kappa shape index (κ2) is 9.92. The van der Waals surface area contributed by atoms with Crippen molar-refractivity contribution in [3.05, 3.63) is 60.2 Å². The van der Waals surface area contributed by atoms with Crippen LogP contribution >= 0.6 is 11.8 Å². The predicted molar refractivity (Wildman–Crippen MR) is 110 cm³/mol. The molecule has 27 heavy (non-hydrogen) atoms. The van der Waals surface area contributed by atoms with Gasteiger partial charge in [-0.25, -0.2) is 8.42 Å². The van der Waals surface area contributed by atoms with Crippen molar-refractivity contribution in [2.24, 2.45) is 0 Å². The van der Waals surface area contributed by atoms with Gasteiger partial charge in [-0.3, -0.25) is 4.79 Å². The lowest BCUT2D eigenvalue weighted by molar-refractivity contribution is -0.121. The van der Waals surface area contributed by atoms with E-state index < -0.39 is 10.0 Å². The number of hydrogen-bond acceptors (Lipinski definition) is 4. The number of carbonyl (C=O) groups excluding carboxylic acids is 1. The Morgan fingerprint density at radius 3 is 2.33 bits per heavy atom. The topological polar surface area (TPSA) is 66.5 Å². The maximum atomic E-state index is 12.6. The Kier molecular flexibility index (Phi) is 7.89. The lowest BCUT2D eigenvalue weighted by Gasteiger charge is -2.19. The van der Waals surface area contributed by atoms with E-state index in [1.807, 2.05) is 31.4 Å². The molecule has 0 aliphatic rings. The summed E-state index contributed by atoms with van der Waals surface area (Å²) in [5.74, 6) is -0.303. The van der Waals surface area contributed by atoms with Gasteiger partial charge in [-0.1, -0.05) is 30.3 Å². The maximum Gasteiger partial charge on any atom is 0.243 e. The molecule has 0 saturated heterocycles. The molecule has 146 valence electrons. The zero-order valence-corrected chi connectivity index (χ0v) is 17.5. The Bertz CT molecular complexity index is 837. The Balaban J connectivity index is 1.87. The molecule has 0 spiro atoms. The molecule has 5 nitrogen and oxygen atoms in total. The van der Waals surface area contributed by atoms with Crippen LogP contribution in [-0.2, 0) is 21.2 Å². The van der Waals surface area contributed by atoms with Crippen molar-refractivity contribution in [1.29, 1.82) is 0 Å². The highest BCUT2D eigenvalue weighted by Gasteiger charge is 2.23. The van der Waals surface area contributed by atoms with Crippen molar-refractivity contribution in [3.8, 4) is 0 Å². The number of nitrogens with one attached hydrogen (secondary N) is 1. The highest BCUT2D eigenvalue weighted by molar-refractivity contribution is 7.98. The van der Waals surface area contributed by atoms with Crippen LogP contribution < -0.4 is 5.32 Å². The zero-order chi connectivity index (χ0) is 19.9. The fourth-order valence-electron chi connectivity index (χ4n) is 2.64. The van der Waals surface area contributed by atoms with Crippen molar-refractivity contribution < 1.29 is 13.2 Å². The second-order valence-corrected chi connectivity index (χ2v) is 9.35. The summed E-state index contributed by atoms with van der Waals surface area (Å²) in [5.41, 5.74) is 1.21. The van der Waals surface area contributed by atoms with Crippen molar-refractivity contribution >= 4 is 27.7 Å². The molecule has 0 fully saturated rings. The van der Waals surface area contributed by atoms with Crippen LogP contribution in [0.5, 0.6) is 0 Å². The fourth-order valence-corrected chi connectivity index (χ4v) is 4.17. The van der Waals surface area contributed by atoms with E-state index in [1.165, 1.54) is 12.6 Å². The summed E-state index contributed by atoms with van der Waals surface area (Å²) in [5, 5.41) is 2.87. The fraction of sp³-hybridized carbons (Fsp3) is 0.350. The number of benzene rings is 2. The van der Waals surface area contributed by atoms with E-state index in [1.54, 1.807) is 36.0 Å². The van der Waals surface area contributed by atoms with Gasteiger partial charge < -0.3 is 5.32 Å². The third-order valence-electron chi connectivity index (χ3n) is 4.25. The van der Waals surface area contributed by atoms with Gasteiger partial charge in [0, 0.05) is 18.0 Å². The van der Waals surface area contributed by atoms with Gasteiger partial charge in [0.2, 0.25) is 15.9 Å². The highest BCUT2D eigenvalue weighted by atomic mass is 32.2. The molecule has 2 aromatic rings. The minimum atomic E-state index is -3.69. The smallest absolute Gasteiger partial charge is 0.243 e. The molecule has 7 heteroatoms. The average molecular weight is 407 g/mol. The van der Waals surface area contributed by atoms with E-state index in [4.69, 9.17) is 0 Å². The largest absolute Gasteiger partial charge is 0.352 e. The minimum Gasteiger partial charge on any atom is -0.352 e. The molecule has 0 saturated carbocycles. The van der Waals surface area contributed by atoms with Gasteiger partial charge in [-0.2, -0.15) is 4.31 Å². The SMILES string of the molecule is CSc1ccc(S(=O)(=O)N(C)CC(=O)N[C@@H](C)CCc2ccccc2)cc1. The van der Waals surface area contributed by atoms with Crippen LogP contribution in [0.15, 0.2) is 64.4 Å². The molecule has 0 radical (unpaired) electrons. The molecule has 1 atom stereocenters. The van der Waals surface area contributed by atoms with Gasteiger partial charge in [-0.15, -0.1) is 11.8 Å². The molecular formula is C20H26N2O3S2. The summed E-state index contributed by atoms with van der Waals surface area (Å²) >= 11 is 1.54.